The molecule has 0 bridgehead atoms. The number of rotatable bonds is 2. The van der Waals surface area contributed by atoms with Gasteiger partial charge in [-0.3, -0.25) is 0 Å². The highest BCUT2D eigenvalue weighted by molar-refractivity contribution is 7.17. The lowest BCUT2D eigenvalue weighted by Gasteiger charge is -2.11. The predicted molar refractivity (Wildman–Crippen MR) is 98.6 cm³/mol. The average Bonchev–Trinajstić information content (AvgIpc) is 2.99. The molecular weight excluding hydrogens is 308 g/mol. The maximum Gasteiger partial charge on any atom is 0.0413 e. The van der Waals surface area contributed by atoms with E-state index in [1.54, 1.807) is 11.3 Å². The molecule has 0 radical (unpaired) electrons. The predicted octanol–water partition coefficient (Wildman–Crippen LogP) is 6.96. The Labute approximate surface area is 139 Å². The normalized spacial score (nSPS) is 14.3. The minimum Gasteiger partial charge on any atom is -0.143 e. The molecule has 108 valence electrons. The molecule has 0 N–H and O–H groups in total. The second-order valence-electron chi connectivity index (χ2n) is 5.53. The van der Waals surface area contributed by atoms with E-state index in [0.29, 0.717) is 0 Å². The number of hydrogen-bond donors (Lipinski definition) is 0. The number of thiophene rings is 1. The number of allylic oxidation sites excluding steroid dienone is 4. The standard InChI is InChI=1S/C20H15ClS/c21-17-9-10-20-18(12-17)19(13-22-20)16-8-4-7-15(11-16)14-5-2-1-3-6-14/h1-2,4-5,7-13H,3,6H2. The molecule has 0 nitrogen and oxygen atoms in total. The van der Waals surface area contributed by atoms with Crippen LogP contribution in [0.1, 0.15) is 18.4 Å². The molecule has 0 unspecified atom stereocenters. The lowest BCUT2D eigenvalue weighted by molar-refractivity contribution is 1.05. The molecule has 0 aliphatic heterocycles. The smallest absolute Gasteiger partial charge is 0.0413 e. The van der Waals surface area contributed by atoms with Crippen molar-refractivity contribution >= 4 is 38.6 Å². The number of halogens is 1. The van der Waals surface area contributed by atoms with Gasteiger partial charge in [-0.05, 0) is 59.2 Å². The molecule has 2 heteroatoms. The molecule has 0 fully saturated rings. The zero-order chi connectivity index (χ0) is 14.9. The summed E-state index contributed by atoms with van der Waals surface area (Å²) in [5, 5.41) is 4.27. The Bertz CT molecular complexity index is 899. The van der Waals surface area contributed by atoms with Gasteiger partial charge in [0.05, 0.1) is 0 Å². The summed E-state index contributed by atoms with van der Waals surface area (Å²) in [5.74, 6) is 0. The van der Waals surface area contributed by atoms with Crippen molar-refractivity contribution in [1.82, 2.24) is 0 Å². The van der Waals surface area contributed by atoms with Crippen LogP contribution in [-0.4, -0.2) is 0 Å². The van der Waals surface area contributed by atoms with Crippen molar-refractivity contribution in [2.24, 2.45) is 0 Å². The maximum absolute atomic E-state index is 6.18. The summed E-state index contributed by atoms with van der Waals surface area (Å²) >= 11 is 7.95. The zero-order valence-corrected chi connectivity index (χ0v) is 13.6. The van der Waals surface area contributed by atoms with Crippen LogP contribution >= 0.6 is 22.9 Å². The van der Waals surface area contributed by atoms with E-state index < -0.39 is 0 Å². The lowest BCUT2D eigenvalue weighted by atomic mass is 9.94. The van der Waals surface area contributed by atoms with Crippen LogP contribution in [0.15, 0.2) is 66.1 Å². The molecule has 0 saturated carbocycles. The van der Waals surface area contributed by atoms with Crippen molar-refractivity contribution in [1.29, 1.82) is 0 Å². The number of fused-ring (bicyclic) bond motifs is 1. The summed E-state index contributed by atoms with van der Waals surface area (Å²) in [5.41, 5.74) is 5.28. The molecule has 1 aromatic heterocycles. The van der Waals surface area contributed by atoms with Gasteiger partial charge in [-0.2, -0.15) is 0 Å². The van der Waals surface area contributed by atoms with Gasteiger partial charge in [0.15, 0.2) is 0 Å². The van der Waals surface area contributed by atoms with Gasteiger partial charge in [0.2, 0.25) is 0 Å². The molecule has 1 aliphatic carbocycles. The molecule has 3 aromatic rings. The fourth-order valence-corrected chi connectivity index (χ4v) is 4.08. The van der Waals surface area contributed by atoms with E-state index in [1.807, 2.05) is 6.07 Å². The SMILES string of the molecule is Clc1ccc2scc(-c3cccc(C4=CC=CCC4)c3)c2c1. The van der Waals surface area contributed by atoms with E-state index in [2.05, 4.69) is 60.0 Å². The summed E-state index contributed by atoms with van der Waals surface area (Å²) in [4.78, 5) is 0. The van der Waals surface area contributed by atoms with Crippen LogP contribution in [-0.2, 0) is 0 Å². The van der Waals surface area contributed by atoms with Gasteiger partial charge < -0.3 is 0 Å². The first-order valence-corrected chi connectivity index (χ1v) is 8.70. The summed E-state index contributed by atoms with van der Waals surface area (Å²) in [6.45, 7) is 0. The lowest BCUT2D eigenvalue weighted by Crippen LogP contribution is -1.88. The van der Waals surface area contributed by atoms with Gasteiger partial charge in [-0.25, -0.2) is 0 Å². The molecule has 22 heavy (non-hydrogen) atoms. The topological polar surface area (TPSA) is 0 Å². The number of hydrogen-bond acceptors (Lipinski definition) is 1. The van der Waals surface area contributed by atoms with Crippen LogP contribution in [0.3, 0.4) is 0 Å². The van der Waals surface area contributed by atoms with Crippen molar-refractivity contribution in [3.63, 3.8) is 0 Å². The first-order chi connectivity index (χ1) is 10.8. The van der Waals surface area contributed by atoms with Gasteiger partial charge >= 0.3 is 0 Å². The minimum absolute atomic E-state index is 0.795. The highest BCUT2D eigenvalue weighted by atomic mass is 35.5. The first-order valence-electron chi connectivity index (χ1n) is 7.44. The Morgan fingerprint density at radius 3 is 2.77 bits per heavy atom. The Kier molecular flexibility index (Phi) is 3.61. The maximum atomic E-state index is 6.18. The van der Waals surface area contributed by atoms with Crippen LogP contribution < -0.4 is 0 Å². The number of benzene rings is 2. The summed E-state index contributed by atoms with van der Waals surface area (Å²) in [7, 11) is 0. The van der Waals surface area contributed by atoms with Crippen molar-refractivity contribution < 1.29 is 0 Å². The third-order valence-electron chi connectivity index (χ3n) is 4.09. The molecule has 0 spiro atoms. The van der Waals surface area contributed by atoms with Crippen LogP contribution in [0.5, 0.6) is 0 Å². The molecular formula is C20H15ClS. The fourth-order valence-electron chi connectivity index (χ4n) is 2.95. The second-order valence-corrected chi connectivity index (χ2v) is 6.88. The molecule has 0 saturated heterocycles. The van der Waals surface area contributed by atoms with Gasteiger partial charge in [0.25, 0.3) is 0 Å². The Hall–Kier alpha value is -1.83. The van der Waals surface area contributed by atoms with Gasteiger partial charge in [0.1, 0.15) is 0 Å². The molecule has 0 atom stereocenters. The van der Waals surface area contributed by atoms with Crippen molar-refractivity contribution in [2.75, 3.05) is 0 Å². The van der Waals surface area contributed by atoms with Gasteiger partial charge in [0, 0.05) is 20.7 Å². The molecule has 1 heterocycles. The Morgan fingerprint density at radius 1 is 1.00 bits per heavy atom. The van der Waals surface area contributed by atoms with Crippen LogP contribution in [0, 0.1) is 0 Å². The highest BCUT2D eigenvalue weighted by Gasteiger charge is 2.09. The van der Waals surface area contributed by atoms with Gasteiger partial charge in [-0.15, -0.1) is 11.3 Å². The first kappa shape index (κ1) is 13.8. The summed E-state index contributed by atoms with van der Waals surface area (Å²) < 4.78 is 1.28. The van der Waals surface area contributed by atoms with Crippen molar-refractivity contribution in [3.05, 3.63) is 76.7 Å². The minimum atomic E-state index is 0.795. The van der Waals surface area contributed by atoms with Crippen molar-refractivity contribution in [2.45, 2.75) is 12.8 Å². The fraction of sp³-hybridized carbons (Fsp3) is 0.100. The zero-order valence-electron chi connectivity index (χ0n) is 12.1. The summed E-state index contributed by atoms with van der Waals surface area (Å²) in [6, 6.07) is 15.0. The average molecular weight is 323 g/mol. The molecule has 2 aromatic carbocycles. The van der Waals surface area contributed by atoms with Gasteiger partial charge in [-0.1, -0.05) is 48.0 Å². The molecule has 4 rings (SSSR count). The van der Waals surface area contributed by atoms with Crippen LogP contribution in [0.4, 0.5) is 0 Å². The highest BCUT2D eigenvalue weighted by Crippen LogP contribution is 2.36. The monoisotopic (exact) mass is 322 g/mol. The van der Waals surface area contributed by atoms with Crippen LogP contribution in [0.25, 0.3) is 26.8 Å². The van der Waals surface area contributed by atoms with E-state index in [9.17, 15) is 0 Å². The van der Waals surface area contributed by atoms with E-state index in [-0.39, 0.29) is 0 Å². The Balaban J connectivity index is 1.83. The molecule has 0 amide bonds. The van der Waals surface area contributed by atoms with Crippen LogP contribution in [0.2, 0.25) is 5.02 Å². The van der Waals surface area contributed by atoms with E-state index >= 15 is 0 Å². The second kappa shape index (κ2) is 5.75. The third kappa shape index (κ3) is 2.51. The van der Waals surface area contributed by atoms with E-state index in [0.717, 1.165) is 17.9 Å². The quantitative estimate of drug-likeness (QED) is 0.478. The Morgan fingerprint density at radius 2 is 1.91 bits per heavy atom. The molecule has 1 aliphatic rings. The summed E-state index contributed by atoms with van der Waals surface area (Å²) in [6.07, 6.45) is 8.86. The van der Waals surface area contributed by atoms with Crippen molar-refractivity contribution in [3.8, 4) is 11.1 Å². The van der Waals surface area contributed by atoms with E-state index in [1.165, 1.54) is 32.3 Å². The largest absolute Gasteiger partial charge is 0.143 e. The third-order valence-corrected chi connectivity index (χ3v) is 5.29. The van der Waals surface area contributed by atoms with E-state index in [4.69, 9.17) is 11.6 Å².